The van der Waals surface area contributed by atoms with Crippen molar-refractivity contribution in [3.05, 3.63) is 99.5 Å². The van der Waals surface area contributed by atoms with Crippen LogP contribution in [0.1, 0.15) is 21.5 Å². The van der Waals surface area contributed by atoms with Gasteiger partial charge >= 0.3 is 0 Å². The van der Waals surface area contributed by atoms with Crippen LogP contribution in [0.15, 0.2) is 77.9 Å². The van der Waals surface area contributed by atoms with Gasteiger partial charge < -0.3 is 9.47 Å². The Morgan fingerprint density at radius 3 is 2.59 bits per heavy atom. The molecule has 0 bridgehead atoms. The fourth-order valence-corrected chi connectivity index (χ4v) is 4.49. The van der Waals surface area contributed by atoms with E-state index in [2.05, 4.69) is 10.5 Å². The molecule has 0 radical (unpaired) electrons. The average Bonchev–Trinajstić information content (AvgIpc) is 3.17. The fraction of sp³-hybridized carbons (Fsp3) is 0.107. The maximum absolute atomic E-state index is 12.9. The van der Waals surface area contributed by atoms with Crippen molar-refractivity contribution < 1.29 is 19.1 Å². The van der Waals surface area contributed by atoms with Crippen LogP contribution in [0, 0.1) is 0 Å². The smallest absolute Gasteiger partial charge is 0.260 e. The van der Waals surface area contributed by atoms with Crippen LogP contribution in [0.4, 0.5) is 5.69 Å². The van der Waals surface area contributed by atoms with E-state index in [4.69, 9.17) is 32.7 Å². The number of anilines is 1. The summed E-state index contributed by atoms with van der Waals surface area (Å²) in [4.78, 5) is 26.9. The quantitative estimate of drug-likeness (QED) is 0.227. The molecule has 0 spiro atoms. The summed E-state index contributed by atoms with van der Waals surface area (Å²) in [5, 5.41) is 6.80. The Labute approximate surface area is 223 Å². The molecule has 0 atom stereocenters. The maximum Gasteiger partial charge on any atom is 0.260 e. The van der Waals surface area contributed by atoms with Crippen molar-refractivity contribution in [1.82, 2.24) is 5.43 Å². The average molecular weight is 534 g/mol. The molecule has 1 aliphatic rings. The highest BCUT2D eigenvalue weighted by molar-refractivity contribution is 6.42. The van der Waals surface area contributed by atoms with Gasteiger partial charge in [-0.05, 0) is 59.0 Å². The number of benzene rings is 4. The largest absolute Gasteiger partial charge is 0.493 e. The van der Waals surface area contributed by atoms with Gasteiger partial charge in [0.15, 0.2) is 11.5 Å². The van der Waals surface area contributed by atoms with Gasteiger partial charge in [-0.3, -0.25) is 14.5 Å². The molecule has 1 heterocycles. The van der Waals surface area contributed by atoms with Crippen LogP contribution in [0.5, 0.6) is 11.5 Å². The second-order valence-corrected chi connectivity index (χ2v) is 9.13. The van der Waals surface area contributed by atoms with Crippen LogP contribution in [-0.2, 0) is 11.4 Å². The molecule has 37 heavy (non-hydrogen) atoms. The molecule has 0 unspecified atom stereocenters. The first-order chi connectivity index (χ1) is 17.9. The first kappa shape index (κ1) is 24.6. The van der Waals surface area contributed by atoms with E-state index in [-0.39, 0.29) is 19.1 Å². The lowest BCUT2D eigenvalue weighted by atomic mass is 10.1. The molecule has 1 aliphatic heterocycles. The zero-order valence-corrected chi connectivity index (χ0v) is 21.2. The van der Waals surface area contributed by atoms with E-state index in [1.165, 1.54) is 18.2 Å². The van der Waals surface area contributed by atoms with Crippen molar-refractivity contribution in [2.24, 2.45) is 5.10 Å². The summed E-state index contributed by atoms with van der Waals surface area (Å²) < 4.78 is 11.3. The van der Waals surface area contributed by atoms with Crippen LogP contribution in [0.25, 0.3) is 10.8 Å². The second-order valence-electron chi connectivity index (χ2n) is 8.31. The van der Waals surface area contributed by atoms with Crippen molar-refractivity contribution in [3.8, 4) is 11.5 Å². The third-order valence-corrected chi connectivity index (χ3v) is 6.66. The molecule has 0 aromatic heterocycles. The van der Waals surface area contributed by atoms with Gasteiger partial charge in [-0.1, -0.05) is 53.5 Å². The number of nitrogens with one attached hydrogen (secondary N) is 1. The Bertz CT molecular complexity index is 1550. The minimum absolute atomic E-state index is 0.144. The van der Waals surface area contributed by atoms with Crippen molar-refractivity contribution in [2.75, 3.05) is 18.6 Å². The number of carbonyl (C=O) groups excluding carboxylic acids is 2. The zero-order valence-electron chi connectivity index (χ0n) is 19.7. The van der Waals surface area contributed by atoms with Crippen LogP contribution < -0.4 is 19.8 Å². The summed E-state index contributed by atoms with van der Waals surface area (Å²) in [6, 6.07) is 21.8. The molecule has 0 fully saturated rings. The molecule has 186 valence electrons. The summed E-state index contributed by atoms with van der Waals surface area (Å²) >= 11 is 12.0. The topological polar surface area (TPSA) is 80.2 Å². The summed E-state index contributed by atoms with van der Waals surface area (Å²) in [6.07, 6.45) is 1.49. The lowest BCUT2D eigenvalue weighted by molar-refractivity contribution is -0.119. The van der Waals surface area contributed by atoms with Gasteiger partial charge in [-0.25, -0.2) is 5.43 Å². The summed E-state index contributed by atoms with van der Waals surface area (Å²) in [5.74, 6) is 0.426. The monoisotopic (exact) mass is 533 g/mol. The number of amides is 2. The molecule has 2 amide bonds. The lowest BCUT2D eigenvalue weighted by Crippen LogP contribution is -2.37. The number of ether oxygens (including phenoxy) is 2. The maximum atomic E-state index is 12.9. The third kappa shape index (κ3) is 5.09. The van der Waals surface area contributed by atoms with E-state index < -0.39 is 5.91 Å². The van der Waals surface area contributed by atoms with Gasteiger partial charge in [0.2, 0.25) is 0 Å². The Kier molecular flexibility index (Phi) is 6.99. The number of hydrogen-bond acceptors (Lipinski definition) is 5. The standard InChI is InChI=1S/C28H21Cl2N3O4/c1-36-25-13-17(9-11-24(25)37-16-18-8-10-21(29)22(30)12-18)14-31-32-26(34)15-33-23-7-3-5-19-4-2-6-20(27(19)23)28(33)35/h2-14H,15-16H2,1H3,(H,32,34)/b31-14-. The van der Waals surface area contributed by atoms with Gasteiger partial charge in [-0.15, -0.1) is 0 Å². The molecule has 7 nitrogen and oxygen atoms in total. The fourth-order valence-electron chi connectivity index (χ4n) is 4.17. The van der Waals surface area contributed by atoms with E-state index in [1.54, 1.807) is 36.4 Å². The molecule has 1 N–H and O–H groups in total. The minimum Gasteiger partial charge on any atom is -0.493 e. The summed E-state index contributed by atoms with van der Waals surface area (Å²) in [7, 11) is 1.54. The lowest BCUT2D eigenvalue weighted by Gasteiger charge is -2.16. The Balaban J connectivity index is 1.21. The molecule has 4 aromatic carbocycles. The number of hydrazone groups is 1. The van der Waals surface area contributed by atoms with Crippen molar-refractivity contribution in [2.45, 2.75) is 6.61 Å². The van der Waals surface area contributed by atoms with Gasteiger partial charge in [0.05, 0.1) is 29.1 Å². The third-order valence-electron chi connectivity index (χ3n) is 5.92. The highest BCUT2D eigenvalue weighted by Crippen LogP contribution is 2.37. The van der Waals surface area contributed by atoms with Crippen molar-refractivity contribution in [3.63, 3.8) is 0 Å². The molecule has 0 aliphatic carbocycles. The highest BCUT2D eigenvalue weighted by Gasteiger charge is 2.30. The predicted octanol–water partition coefficient (Wildman–Crippen LogP) is 5.84. The molecular weight excluding hydrogens is 513 g/mol. The molecule has 5 rings (SSSR count). The molecule has 9 heteroatoms. The predicted molar refractivity (Wildman–Crippen MR) is 145 cm³/mol. The Morgan fingerprint density at radius 2 is 1.81 bits per heavy atom. The van der Waals surface area contributed by atoms with Crippen LogP contribution >= 0.6 is 23.2 Å². The first-order valence-corrected chi connectivity index (χ1v) is 12.1. The van der Waals surface area contributed by atoms with Gasteiger partial charge in [0, 0.05) is 10.9 Å². The Morgan fingerprint density at radius 1 is 1.00 bits per heavy atom. The van der Waals surface area contributed by atoms with Crippen LogP contribution in [-0.4, -0.2) is 31.7 Å². The second kappa shape index (κ2) is 10.5. The van der Waals surface area contributed by atoms with E-state index >= 15 is 0 Å². The summed E-state index contributed by atoms with van der Waals surface area (Å²) in [6.45, 7) is 0.137. The van der Waals surface area contributed by atoms with E-state index in [9.17, 15) is 9.59 Å². The van der Waals surface area contributed by atoms with E-state index in [1.807, 2.05) is 36.4 Å². The normalized spacial score (nSPS) is 12.4. The number of rotatable bonds is 8. The SMILES string of the molecule is COc1cc(/C=N\NC(=O)CN2C(=O)c3cccc4cccc2c34)ccc1OCc1ccc(Cl)c(Cl)c1. The van der Waals surface area contributed by atoms with Crippen LogP contribution in [0.2, 0.25) is 10.0 Å². The number of halogens is 2. The Hall–Kier alpha value is -4.07. The van der Waals surface area contributed by atoms with E-state index in [0.717, 1.165) is 22.0 Å². The molecule has 0 saturated carbocycles. The highest BCUT2D eigenvalue weighted by atomic mass is 35.5. The molecular formula is C28H21Cl2N3O4. The molecule has 0 saturated heterocycles. The summed E-state index contributed by atoms with van der Waals surface area (Å²) in [5.41, 5.74) is 5.35. The molecule has 4 aromatic rings. The van der Waals surface area contributed by atoms with Crippen molar-refractivity contribution in [1.29, 1.82) is 0 Å². The van der Waals surface area contributed by atoms with Crippen LogP contribution in [0.3, 0.4) is 0 Å². The first-order valence-electron chi connectivity index (χ1n) is 11.3. The van der Waals surface area contributed by atoms with Gasteiger partial charge in [-0.2, -0.15) is 5.10 Å². The minimum atomic E-state index is -0.414. The number of methoxy groups -OCH3 is 1. The zero-order chi connectivity index (χ0) is 25.9. The number of nitrogens with zero attached hydrogens (tertiary/aromatic N) is 2. The van der Waals surface area contributed by atoms with Gasteiger partial charge in [0.25, 0.3) is 11.8 Å². The van der Waals surface area contributed by atoms with E-state index in [0.29, 0.717) is 32.7 Å². The van der Waals surface area contributed by atoms with Crippen molar-refractivity contribution >= 4 is 57.7 Å². The van der Waals surface area contributed by atoms with Gasteiger partial charge in [0.1, 0.15) is 13.2 Å². The number of hydrogen-bond donors (Lipinski definition) is 1. The number of carbonyl (C=O) groups is 2.